The molecule has 0 amide bonds. The van der Waals surface area contributed by atoms with Gasteiger partial charge in [-0.1, -0.05) is 12.1 Å². The van der Waals surface area contributed by atoms with Crippen molar-refractivity contribution in [1.29, 1.82) is 0 Å². The number of ether oxygens (including phenoxy) is 1. The van der Waals surface area contributed by atoms with Crippen LogP contribution in [-0.2, 0) is 16.0 Å². The van der Waals surface area contributed by atoms with E-state index in [4.69, 9.17) is 13.5 Å². The van der Waals surface area contributed by atoms with Crippen molar-refractivity contribution in [1.82, 2.24) is 0 Å². The summed E-state index contributed by atoms with van der Waals surface area (Å²) in [7, 11) is 0. The number of nitro groups is 1. The van der Waals surface area contributed by atoms with Gasteiger partial charge in [-0.05, 0) is 6.07 Å². The molecule has 0 bridgehead atoms. The average Bonchev–Trinajstić information content (AvgIpc) is 2.46. The van der Waals surface area contributed by atoms with Gasteiger partial charge in [0.15, 0.2) is 0 Å². The number of nitrogens with one attached hydrogen (secondary N) is 1. The van der Waals surface area contributed by atoms with E-state index >= 15 is 0 Å². The van der Waals surface area contributed by atoms with Crippen LogP contribution in [0, 0.1) is 10.1 Å². The quantitative estimate of drug-likeness (QED) is 0.484. The second kappa shape index (κ2) is 8.73. The smallest absolute Gasteiger partial charge is 0.292 e. The summed E-state index contributed by atoms with van der Waals surface area (Å²) < 4.78 is 36.9. The number of nitrogens with zero attached hydrogens (tertiary/aromatic N) is 1. The third-order valence-electron chi connectivity index (χ3n) is 3.09. The highest BCUT2D eigenvalue weighted by atomic mass is 32.2. The molecule has 1 saturated heterocycles. The van der Waals surface area contributed by atoms with Gasteiger partial charge in [0.1, 0.15) is 11.4 Å². The first-order chi connectivity index (χ1) is 10.3. The predicted octanol–water partition coefficient (Wildman–Crippen LogP) is 1.26. The fourth-order valence-electron chi connectivity index (χ4n) is 1.95. The van der Waals surface area contributed by atoms with E-state index in [-0.39, 0.29) is 12.2 Å². The van der Waals surface area contributed by atoms with E-state index in [0.717, 1.165) is 0 Å². The van der Waals surface area contributed by atoms with E-state index in [1.54, 1.807) is 18.2 Å². The molecular formula is C12H17FN3O5S-. The van der Waals surface area contributed by atoms with E-state index in [9.17, 15) is 14.5 Å². The lowest BCUT2D eigenvalue weighted by atomic mass is 9.96. The van der Waals surface area contributed by atoms with Gasteiger partial charge < -0.3 is 14.6 Å². The van der Waals surface area contributed by atoms with Crippen molar-refractivity contribution < 1.29 is 22.8 Å². The van der Waals surface area contributed by atoms with E-state index in [1.807, 2.05) is 0 Å². The van der Waals surface area contributed by atoms with Crippen molar-refractivity contribution in [2.45, 2.75) is 18.5 Å². The van der Waals surface area contributed by atoms with Gasteiger partial charge >= 0.3 is 0 Å². The lowest BCUT2D eigenvalue weighted by molar-refractivity contribution is -0.384. The van der Waals surface area contributed by atoms with Gasteiger partial charge in [0.2, 0.25) is 0 Å². The molecule has 0 aliphatic carbocycles. The predicted molar refractivity (Wildman–Crippen MR) is 78.6 cm³/mol. The van der Waals surface area contributed by atoms with Crippen LogP contribution in [-0.4, -0.2) is 39.1 Å². The maximum Gasteiger partial charge on any atom is 0.292 e. The number of nitro benzene ring substituents is 1. The Balaban J connectivity index is 0.000000541. The topological polar surface area (TPSA) is 131 Å². The molecule has 0 spiro atoms. The Morgan fingerprint density at radius 1 is 1.41 bits per heavy atom. The highest BCUT2D eigenvalue weighted by Gasteiger charge is 2.32. The molecule has 1 unspecified atom stereocenters. The van der Waals surface area contributed by atoms with Crippen LogP contribution >= 0.6 is 0 Å². The van der Waals surface area contributed by atoms with Gasteiger partial charge in [0.25, 0.3) is 5.69 Å². The number of halogens is 1. The molecule has 0 saturated carbocycles. The Morgan fingerprint density at radius 3 is 2.50 bits per heavy atom. The van der Waals surface area contributed by atoms with Crippen molar-refractivity contribution in [3.05, 3.63) is 34.4 Å². The first-order valence-electron chi connectivity index (χ1n) is 6.42. The maximum absolute atomic E-state index is 14.3. The summed E-state index contributed by atoms with van der Waals surface area (Å²) in [6, 6.07) is 6.26. The molecule has 1 fully saturated rings. The van der Waals surface area contributed by atoms with Gasteiger partial charge in [0, 0.05) is 49.9 Å². The molecule has 1 heterocycles. The highest BCUT2D eigenvalue weighted by molar-refractivity contribution is 7.76. The molecule has 8 nitrogen and oxygen atoms in total. The van der Waals surface area contributed by atoms with Crippen molar-refractivity contribution in [3.63, 3.8) is 0 Å². The summed E-state index contributed by atoms with van der Waals surface area (Å²) >= 11 is -2.36. The fraction of sp³-hybridized carbons (Fsp3) is 0.500. The Kier molecular flexibility index (Phi) is 7.32. The maximum atomic E-state index is 14.3. The van der Waals surface area contributed by atoms with Gasteiger partial charge in [-0.15, -0.1) is 0 Å². The standard InChI is InChI=1S/C12H15FN2O3.H3NO2S/c13-12(5-7-18-8-6-12)9-14-10-3-1-2-4-11(10)15(16)17;1-4(2)3/h1-4,14H,5-9H2;1H2,(H,2,3)/p-1. The first kappa shape index (κ1) is 18.4. The number of hydrogen-bond acceptors (Lipinski definition) is 6. The van der Waals surface area contributed by atoms with Crippen molar-refractivity contribution in [2.75, 3.05) is 25.1 Å². The normalized spacial score (nSPS) is 17.8. The zero-order valence-electron chi connectivity index (χ0n) is 11.7. The summed E-state index contributed by atoms with van der Waals surface area (Å²) in [6.07, 6.45) is 0.640. The zero-order valence-corrected chi connectivity index (χ0v) is 12.5. The summed E-state index contributed by atoms with van der Waals surface area (Å²) in [5.41, 5.74) is -1.03. The third-order valence-corrected chi connectivity index (χ3v) is 3.09. The molecule has 124 valence electrons. The van der Waals surface area contributed by atoms with E-state index in [0.29, 0.717) is 31.7 Å². The number of anilines is 1. The highest BCUT2D eigenvalue weighted by Crippen LogP contribution is 2.28. The van der Waals surface area contributed by atoms with E-state index in [1.165, 1.54) is 6.07 Å². The fourth-order valence-corrected chi connectivity index (χ4v) is 1.95. The number of para-hydroxylation sites is 2. The molecule has 1 aromatic rings. The van der Waals surface area contributed by atoms with E-state index in [2.05, 4.69) is 10.5 Å². The minimum absolute atomic E-state index is 0.0341. The minimum Gasteiger partial charge on any atom is -0.760 e. The Hall–Kier alpha value is -1.62. The van der Waals surface area contributed by atoms with Crippen LogP contribution in [0.1, 0.15) is 12.8 Å². The third kappa shape index (κ3) is 6.43. The lowest BCUT2D eigenvalue weighted by Crippen LogP contribution is -2.38. The summed E-state index contributed by atoms with van der Waals surface area (Å²) in [4.78, 5) is 10.3. The first-order valence-corrected chi connectivity index (χ1v) is 7.55. The SMILES string of the molecule is NS(=O)[O-].O=[N+]([O-])c1ccccc1NCC1(F)CCOCC1. The molecule has 3 N–H and O–H groups in total. The number of benzene rings is 1. The van der Waals surface area contributed by atoms with E-state index < -0.39 is 21.9 Å². The monoisotopic (exact) mass is 334 g/mol. The average molecular weight is 334 g/mol. The molecule has 1 aromatic carbocycles. The molecule has 0 aromatic heterocycles. The molecule has 22 heavy (non-hydrogen) atoms. The Bertz CT molecular complexity index is 521. The van der Waals surface area contributed by atoms with Crippen LogP contribution in [0.15, 0.2) is 24.3 Å². The van der Waals surface area contributed by atoms with Crippen LogP contribution in [0.25, 0.3) is 0 Å². The minimum atomic E-state index is -2.36. The van der Waals surface area contributed by atoms with Gasteiger partial charge in [-0.25, -0.2) is 4.39 Å². The van der Waals surface area contributed by atoms with Crippen molar-refractivity contribution >= 4 is 22.6 Å². The van der Waals surface area contributed by atoms with Crippen LogP contribution in [0.5, 0.6) is 0 Å². The molecular weight excluding hydrogens is 317 g/mol. The van der Waals surface area contributed by atoms with Crippen LogP contribution in [0.3, 0.4) is 0 Å². The second-order valence-corrected chi connectivity index (χ2v) is 5.17. The van der Waals surface area contributed by atoms with Crippen molar-refractivity contribution in [3.8, 4) is 0 Å². The van der Waals surface area contributed by atoms with Crippen LogP contribution in [0.4, 0.5) is 15.8 Å². The molecule has 1 aliphatic heterocycles. The molecule has 2 rings (SSSR count). The molecule has 10 heteroatoms. The summed E-state index contributed by atoms with van der Waals surface area (Å²) in [6.45, 7) is 0.866. The number of alkyl halides is 1. The number of hydrogen-bond donors (Lipinski definition) is 2. The largest absolute Gasteiger partial charge is 0.760 e. The van der Waals surface area contributed by atoms with Gasteiger partial charge in [-0.3, -0.25) is 19.5 Å². The Morgan fingerprint density at radius 2 is 1.95 bits per heavy atom. The molecule has 0 radical (unpaired) electrons. The van der Waals surface area contributed by atoms with Crippen LogP contribution in [0.2, 0.25) is 0 Å². The lowest BCUT2D eigenvalue weighted by Gasteiger charge is -2.29. The number of nitrogens with two attached hydrogens (primary N) is 1. The van der Waals surface area contributed by atoms with Gasteiger partial charge in [0.05, 0.1) is 4.92 Å². The Labute approximate surface area is 129 Å². The van der Waals surface area contributed by atoms with Gasteiger partial charge in [-0.2, -0.15) is 0 Å². The summed E-state index contributed by atoms with van der Waals surface area (Å²) in [5.74, 6) is 0. The second-order valence-electron chi connectivity index (χ2n) is 4.65. The van der Waals surface area contributed by atoms with Crippen molar-refractivity contribution in [2.24, 2.45) is 5.14 Å². The molecule has 1 atom stereocenters. The summed E-state index contributed by atoms with van der Waals surface area (Å²) in [5, 5.41) is 17.7. The van der Waals surface area contributed by atoms with Crippen LogP contribution < -0.4 is 10.5 Å². The zero-order chi connectivity index (χ0) is 16.6. The number of rotatable bonds is 4. The molecule has 1 aliphatic rings.